The lowest BCUT2D eigenvalue weighted by molar-refractivity contribution is -0.677. The average Bonchev–Trinajstić information content (AvgIpc) is 2.42. The van der Waals surface area contributed by atoms with Gasteiger partial charge in [0.25, 0.3) is 5.82 Å². The molecule has 1 heterocycles. The molecule has 0 amide bonds. The molecule has 0 bridgehead atoms. The maximum absolute atomic E-state index is 7.40. The second kappa shape index (κ2) is 5.20. The van der Waals surface area contributed by atoms with Crippen LogP contribution in [0.25, 0.3) is 0 Å². The molecule has 0 N–H and O–H groups in total. The van der Waals surface area contributed by atoms with Crippen molar-refractivity contribution in [2.75, 3.05) is 0 Å². The molecule has 0 aliphatic carbocycles. The molecule has 0 fully saturated rings. The first-order valence-corrected chi connectivity index (χ1v) is 4.02. The zero-order chi connectivity index (χ0) is 10.8. The van der Waals surface area contributed by atoms with Gasteiger partial charge in [-0.1, -0.05) is 13.3 Å². The molecule has 70 valence electrons. The monoisotopic (exact) mass is 191 g/mol. The van der Waals surface area contributed by atoms with E-state index in [4.69, 9.17) is 4.11 Å². The Morgan fingerprint density at radius 3 is 3.00 bits per heavy atom. The van der Waals surface area contributed by atoms with Crippen LogP contribution in [0.3, 0.4) is 0 Å². The highest BCUT2D eigenvalue weighted by Gasteiger charge is 2.06. The summed E-state index contributed by atoms with van der Waals surface area (Å²) in [5.74, 6) is 0.408. The SMILES string of the molecule is [2H]C([2H])([2H])c1n(CCCC)cc[n+]1C.[Cl-]. The molecule has 0 unspecified atom stereocenters. The number of halogens is 1. The van der Waals surface area contributed by atoms with Gasteiger partial charge in [-0.15, -0.1) is 0 Å². The van der Waals surface area contributed by atoms with Crippen LogP contribution in [0, 0.1) is 6.85 Å². The average molecular weight is 192 g/mol. The van der Waals surface area contributed by atoms with Gasteiger partial charge in [0.15, 0.2) is 0 Å². The van der Waals surface area contributed by atoms with Gasteiger partial charge >= 0.3 is 0 Å². The molecule has 0 radical (unpaired) electrons. The fourth-order valence-corrected chi connectivity index (χ4v) is 1.03. The third-order valence-electron chi connectivity index (χ3n) is 1.83. The maximum Gasteiger partial charge on any atom is 0.253 e. The van der Waals surface area contributed by atoms with E-state index in [0.717, 1.165) is 19.4 Å². The number of imidazole rings is 1. The lowest BCUT2D eigenvalue weighted by atomic mass is 10.3. The van der Waals surface area contributed by atoms with Gasteiger partial charge in [-0.25, -0.2) is 9.13 Å². The predicted molar refractivity (Wildman–Crippen MR) is 45.3 cm³/mol. The number of aromatic nitrogens is 2. The van der Waals surface area contributed by atoms with Crippen molar-refractivity contribution >= 4 is 0 Å². The third kappa shape index (κ3) is 2.52. The summed E-state index contributed by atoms with van der Waals surface area (Å²) in [6, 6.07) is 0. The molecule has 1 aromatic rings. The first-order valence-electron chi connectivity index (χ1n) is 5.52. The Balaban J connectivity index is 0.00000196. The van der Waals surface area contributed by atoms with E-state index in [0.29, 0.717) is 5.82 Å². The summed E-state index contributed by atoms with van der Waals surface area (Å²) >= 11 is 0. The second-order valence-corrected chi connectivity index (χ2v) is 2.78. The van der Waals surface area contributed by atoms with Crippen LogP contribution in [0.2, 0.25) is 0 Å². The normalized spacial score (nSPS) is 14.3. The second-order valence-electron chi connectivity index (χ2n) is 2.78. The Hall–Kier alpha value is -0.500. The Bertz CT molecular complexity index is 307. The molecule has 0 saturated carbocycles. The van der Waals surface area contributed by atoms with Crippen molar-refractivity contribution in [3.8, 4) is 0 Å². The minimum absolute atomic E-state index is 0. The van der Waals surface area contributed by atoms with Gasteiger partial charge in [0, 0.05) is 11.0 Å². The molecule has 3 heteroatoms. The lowest BCUT2D eigenvalue weighted by Gasteiger charge is -1.95. The Morgan fingerprint density at radius 2 is 2.42 bits per heavy atom. The summed E-state index contributed by atoms with van der Waals surface area (Å²) in [7, 11) is 1.77. The van der Waals surface area contributed by atoms with E-state index in [-0.39, 0.29) is 12.4 Å². The van der Waals surface area contributed by atoms with Gasteiger partial charge in [0.2, 0.25) is 0 Å². The third-order valence-corrected chi connectivity index (χ3v) is 1.83. The molecule has 0 atom stereocenters. The van der Waals surface area contributed by atoms with E-state index >= 15 is 0 Å². The molecule has 1 rings (SSSR count). The Kier molecular flexibility index (Phi) is 3.01. The molecule has 1 aromatic heterocycles. The molecule has 12 heavy (non-hydrogen) atoms. The maximum atomic E-state index is 7.40. The zero-order valence-electron chi connectivity index (χ0n) is 10.5. The van der Waals surface area contributed by atoms with Crippen molar-refractivity contribution < 1.29 is 21.1 Å². The first-order chi connectivity index (χ1) is 6.46. The van der Waals surface area contributed by atoms with Crippen LogP contribution in [0.4, 0.5) is 0 Å². The number of aryl methyl sites for hydroxylation is 2. The molecular formula is C9H17ClN2. The minimum Gasteiger partial charge on any atom is -1.00 e. The van der Waals surface area contributed by atoms with Crippen molar-refractivity contribution in [1.29, 1.82) is 0 Å². The number of nitrogens with zero attached hydrogens (tertiary/aromatic N) is 2. The van der Waals surface area contributed by atoms with Crippen molar-refractivity contribution in [3.05, 3.63) is 18.2 Å². The first kappa shape index (κ1) is 6.96. The zero-order valence-corrected chi connectivity index (χ0v) is 8.30. The highest BCUT2D eigenvalue weighted by molar-refractivity contribution is 4.78. The summed E-state index contributed by atoms with van der Waals surface area (Å²) in [6.07, 6.45) is 5.70. The highest BCUT2D eigenvalue weighted by atomic mass is 35.5. The Morgan fingerprint density at radius 1 is 1.67 bits per heavy atom. The molecule has 0 aromatic carbocycles. The quantitative estimate of drug-likeness (QED) is 0.511. The summed E-state index contributed by atoms with van der Waals surface area (Å²) in [6.45, 7) is 0.857. The van der Waals surface area contributed by atoms with Crippen LogP contribution in [-0.4, -0.2) is 4.57 Å². The van der Waals surface area contributed by atoms with Crippen LogP contribution in [-0.2, 0) is 13.6 Å². The number of unbranched alkanes of at least 4 members (excludes halogenated alkanes) is 1. The summed E-state index contributed by atoms with van der Waals surface area (Å²) in [4.78, 5) is 0. The van der Waals surface area contributed by atoms with E-state index in [9.17, 15) is 0 Å². The molecule has 2 nitrogen and oxygen atoms in total. The molecular weight excluding hydrogens is 172 g/mol. The number of hydrogen-bond acceptors (Lipinski definition) is 0. The van der Waals surface area contributed by atoms with Crippen LogP contribution in [0.5, 0.6) is 0 Å². The molecule has 0 saturated heterocycles. The van der Waals surface area contributed by atoms with Gasteiger partial charge in [-0.3, -0.25) is 0 Å². The van der Waals surface area contributed by atoms with Crippen LogP contribution >= 0.6 is 0 Å². The van der Waals surface area contributed by atoms with Gasteiger partial charge in [-0.05, 0) is 6.42 Å². The van der Waals surface area contributed by atoms with E-state index in [1.54, 1.807) is 17.8 Å². The van der Waals surface area contributed by atoms with E-state index < -0.39 is 6.85 Å². The molecule has 0 aliphatic rings. The van der Waals surface area contributed by atoms with Crippen LogP contribution < -0.4 is 17.0 Å². The van der Waals surface area contributed by atoms with E-state index in [2.05, 4.69) is 6.92 Å². The fourth-order valence-electron chi connectivity index (χ4n) is 1.03. The van der Waals surface area contributed by atoms with Crippen molar-refractivity contribution in [1.82, 2.24) is 4.57 Å². The standard InChI is InChI=1S/C9H17N2.ClH/c1-4-5-6-11-8-7-10(3)9(11)2;/h7-8H,4-6H2,1-3H3;1H/q+1;/p-1/i2D3;. The highest BCUT2D eigenvalue weighted by Crippen LogP contribution is 1.96. The topological polar surface area (TPSA) is 8.81 Å². The molecule has 0 spiro atoms. The number of hydrogen-bond donors (Lipinski definition) is 0. The Labute approximate surface area is 84.8 Å². The molecule has 0 aliphatic heterocycles. The van der Waals surface area contributed by atoms with Crippen molar-refractivity contribution in [2.24, 2.45) is 7.05 Å². The van der Waals surface area contributed by atoms with Gasteiger partial charge in [0.1, 0.15) is 12.4 Å². The van der Waals surface area contributed by atoms with Crippen LogP contribution in [0.1, 0.15) is 29.7 Å². The number of rotatable bonds is 3. The van der Waals surface area contributed by atoms with E-state index in [1.807, 2.05) is 10.8 Å². The summed E-state index contributed by atoms with van der Waals surface area (Å²) in [5, 5.41) is 0. The fraction of sp³-hybridized carbons (Fsp3) is 0.667. The van der Waals surface area contributed by atoms with Gasteiger partial charge in [0.05, 0.1) is 13.6 Å². The minimum atomic E-state index is -2.02. The lowest BCUT2D eigenvalue weighted by Crippen LogP contribution is -3.00. The van der Waals surface area contributed by atoms with Crippen molar-refractivity contribution in [2.45, 2.75) is 33.2 Å². The summed E-state index contributed by atoms with van der Waals surface area (Å²) in [5.41, 5.74) is 0. The van der Waals surface area contributed by atoms with E-state index in [1.165, 1.54) is 0 Å². The largest absolute Gasteiger partial charge is 1.00 e. The smallest absolute Gasteiger partial charge is 0.253 e. The van der Waals surface area contributed by atoms with Gasteiger partial charge < -0.3 is 12.4 Å². The van der Waals surface area contributed by atoms with Crippen LogP contribution in [0.15, 0.2) is 12.4 Å². The van der Waals surface area contributed by atoms with Gasteiger partial charge in [-0.2, -0.15) is 0 Å². The summed E-state index contributed by atoms with van der Waals surface area (Å²) < 4.78 is 25.7. The predicted octanol–water partition coefficient (Wildman–Crippen LogP) is -1.57. The van der Waals surface area contributed by atoms with Crippen molar-refractivity contribution in [3.63, 3.8) is 0 Å².